The Morgan fingerprint density at radius 2 is 2.00 bits per heavy atom. The van der Waals surface area contributed by atoms with E-state index in [1.807, 2.05) is 13.0 Å². The second-order valence-corrected chi connectivity index (χ2v) is 4.67. The van der Waals surface area contributed by atoms with Crippen molar-refractivity contribution < 1.29 is 14.4 Å². The molecule has 1 fully saturated rings. The third kappa shape index (κ3) is 3.33. The van der Waals surface area contributed by atoms with Crippen LogP contribution in [0.15, 0.2) is 24.3 Å². The molecule has 0 spiro atoms. The Morgan fingerprint density at radius 3 is 2.60 bits per heavy atom. The number of hydrogen-bond donors (Lipinski definition) is 3. The van der Waals surface area contributed by atoms with E-state index in [0.717, 1.165) is 10.5 Å². The van der Waals surface area contributed by atoms with Crippen molar-refractivity contribution >= 4 is 23.5 Å². The average Bonchev–Trinajstić information content (AvgIpc) is 2.37. The number of nitrogens with zero attached hydrogens (tertiary/aromatic N) is 1. The van der Waals surface area contributed by atoms with Crippen LogP contribution in [0.2, 0.25) is 0 Å². The Morgan fingerprint density at radius 1 is 1.35 bits per heavy atom. The molecule has 1 heterocycles. The number of anilines is 1. The van der Waals surface area contributed by atoms with Crippen LogP contribution in [0, 0.1) is 0 Å². The highest BCUT2D eigenvalue weighted by molar-refractivity contribution is 6.04. The highest BCUT2D eigenvalue weighted by atomic mass is 16.2. The molecule has 4 N–H and O–H groups in total. The summed E-state index contributed by atoms with van der Waals surface area (Å²) in [4.78, 5) is 35.6. The number of piperazine rings is 1. The summed E-state index contributed by atoms with van der Waals surface area (Å²) in [5, 5.41) is 4.78. The Balaban J connectivity index is 2.06. The van der Waals surface area contributed by atoms with Crippen LogP contribution in [-0.2, 0) is 9.59 Å². The third-order valence-corrected chi connectivity index (χ3v) is 2.90. The lowest BCUT2D eigenvalue weighted by atomic mass is 10.1. The summed E-state index contributed by atoms with van der Waals surface area (Å²) in [7, 11) is 0. The van der Waals surface area contributed by atoms with Crippen LogP contribution in [0.4, 0.5) is 10.5 Å². The molecule has 1 atom stereocenters. The van der Waals surface area contributed by atoms with Crippen molar-refractivity contribution in [2.24, 2.45) is 5.73 Å². The molecule has 4 amide bonds. The predicted molar refractivity (Wildman–Crippen MR) is 72.8 cm³/mol. The molecule has 0 aliphatic carbocycles. The third-order valence-electron chi connectivity index (χ3n) is 2.90. The quantitative estimate of drug-likeness (QED) is 0.671. The van der Waals surface area contributed by atoms with Gasteiger partial charge in [0.2, 0.25) is 11.8 Å². The molecule has 0 saturated carbocycles. The van der Waals surface area contributed by atoms with Crippen LogP contribution in [0.5, 0.6) is 0 Å². The number of carbonyl (C=O) groups is 3. The van der Waals surface area contributed by atoms with Crippen LogP contribution < -0.4 is 16.4 Å². The monoisotopic (exact) mass is 276 g/mol. The number of amides is 4. The molecule has 1 unspecified atom stereocenters. The summed E-state index contributed by atoms with van der Waals surface area (Å²) in [5.41, 5.74) is 7.23. The summed E-state index contributed by atoms with van der Waals surface area (Å²) < 4.78 is 0. The molecule has 1 saturated heterocycles. The topological polar surface area (TPSA) is 105 Å². The van der Waals surface area contributed by atoms with E-state index in [1.165, 1.54) is 0 Å². The van der Waals surface area contributed by atoms with E-state index in [9.17, 15) is 14.4 Å². The van der Waals surface area contributed by atoms with Gasteiger partial charge in [0.05, 0.1) is 0 Å². The molecule has 0 radical (unpaired) electrons. The summed E-state index contributed by atoms with van der Waals surface area (Å²) in [6.07, 6.45) is 0. The number of carbonyl (C=O) groups excluding carboxylic acids is 3. The minimum Gasteiger partial charge on any atom is -0.324 e. The highest BCUT2D eigenvalue weighted by Gasteiger charge is 2.26. The first-order valence-electron chi connectivity index (χ1n) is 6.20. The second-order valence-electron chi connectivity index (χ2n) is 4.67. The standard InChI is InChI=1S/C13H16N4O3/c1-8(14)9-3-2-4-10(5-9)15-13(20)17-6-11(18)16-12(19)7-17/h2-5,8H,6-7,14H2,1H3,(H,15,20)(H,16,18,19). The normalized spacial score (nSPS) is 16.6. The molecule has 106 valence electrons. The highest BCUT2D eigenvalue weighted by Crippen LogP contribution is 2.16. The Hall–Kier alpha value is -2.41. The van der Waals surface area contributed by atoms with Crippen LogP contribution in [0.1, 0.15) is 18.5 Å². The maximum absolute atomic E-state index is 12.0. The average molecular weight is 276 g/mol. The minimum absolute atomic E-state index is 0.134. The van der Waals surface area contributed by atoms with Gasteiger partial charge in [0.25, 0.3) is 0 Å². The number of urea groups is 1. The zero-order chi connectivity index (χ0) is 14.7. The Kier molecular flexibility index (Phi) is 3.99. The minimum atomic E-state index is -0.491. The molecule has 1 aliphatic rings. The van der Waals surface area contributed by atoms with Crippen molar-refractivity contribution in [3.05, 3.63) is 29.8 Å². The Labute approximate surface area is 116 Å². The van der Waals surface area contributed by atoms with Gasteiger partial charge in [-0.2, -0.15) is 0 Å². The zero-order valence-electron chi connectivity index (χ0n) is 11.1. The molecule has 0 bridgehead atoms. The fourth-order valence-corrected chi connectivity index (χ4v) is 1.88. The molecule has 7 heteroatoms. The molecule has 0 aromatic heterocycles. The number of nitrogens with two attached hydrogens (primary N) is 1. The van der Waals surface area contributed by atoms with Crippen LogP contribution in [0.3, 0.4) is 0 Å². The van der Waals surface area contributed by atoms with Gasteiger partial charge in [0, 0.05) is 11.7 Å². The molecule has 7 nitrogen and oxygen atoms in total. The first-order valence-corrected chi connectivity index (χ1v) is 6.20. The fourth-order valence-electron chi connectivity index (χ4n) is 1.88. The first kappa shape index (κ1) is 14.0. The number of nitrogens with one attached hydrogen (secondary N) is 2. The van der Waals surface area contributed by atoms with E-state index in [4.69, 9.17) is 5.73 Å². The van der Waals surface area contributed by atoms with E-state index in [-0.39, 0.29) is 19.1 Å². The Bertz CT molecular complexity index is 540. The summed E-state index contributed by atoms with van der Waals surface area (Å²) in [6.45, 7) is 1.57. The van der Waals surface area contributed by atoms with E-state index < -0.39 is 17.8 Å². The SMILES string of the molecule is CC(N)c1cccc(NC(=O)N2CC(=O)NC(=O)C2)c1. The molecular formula is C13H16N4O3. The number of benzene rings is 1. The summed E-state index contributed by atoms with van der Waals surface area (Å²) in [6, 6.07) is 6.48. The van der Waals surface area contributed by atoms with Crippen LogP contribution in [0.25, 0.3) is 0 Å². The van der Waals surface area contributed by atoms with Gasteiger partial charge in [0.1, 0.15) is 13.1 Å². The molecule has 1 aromatic rings. The predicted octanol–water partition coefficient (Wildman–Crippen LogP) is 0.197. The lowest BCUT2D eigenvalue weighted by molar-refractivity contribution is -0.134. The maximum atomic E-state index is 12.0. The largest absolute Gasteiger partial charge is 0.324 e. The van der Waals surface area contributed by atoms with E-state index >= 15 is 0 Å². The number of rotatable bonds is 2. The van der Waals surface area contributed by atoms with Crippen molar-refractivity contribution in [3.8, 4) is 0 Å². The second kappa shape index (κ2) is 5.70. The lowest BCUT2D eigenvalue weighted by Crippen LogP contribution is -2.54. The van der Waals surface area contributed by atoms with Gasteiger partial charge in [-0.3, -0.25) is 14.9 Å². The van der Waals surface area contributed by atoms with Crippen molar-refractivity contribution in [1.29, 1.82) is 0 Å². The number of imide groups is 1. The van der Waals surface area contributed by atoms with Crippen LogP contribution in [-0.4, -0.2) is 35.8 Å². The van der Waals surface area contributed by atoms with Gasteiger partial charge >= 0.3 is 6.03 Å². The lowest BCUT2D eigenvalue weighted by Gasteiger charge is -2.25. The maximum Gasteiger partial charge on any atom is 0.322 e. The van der Waals surface area contributed by atoms with Gasteiger partial charge < -0.3 is 16.0 Å². The first-order chi connectivity index (χ1) is 9.45. The molecule has 1 aliphatic heterocycles. The molecular weight excluding hydrogens is 260 g/mol. The van der Waals surface area contributed by atoms with Gasteiger partial charge in [0.15, 0.2) is 0 Å². The van der Waals surface area contributed by atoms with Crippen molar-refractivity contribution in [3.63, 3.8) is 0 Å². The zero-order valence-corrected chi connectivity index (χ0v) is 11.1. The van der Waals surface area contributed by atoms with Crippen LogP contribution >= 0.6 is 0 Å². The van der Waals surface area contributed by atoms with E-state index in [2.05, 4.69) is 10.6 Å². The summed E-state index contributed by atoms with van der Waals surface area (Å²) >= 11 is 0. The van der Waals surface area contributed by atoms with E-state index in [0.29, 0.717) is 5.69 Å². The van der Waals surface area contributed by atoms with Crippen molar-refractivity contribution in [1.82, 2.24) is 10.2 Å². The van der Waals surface area contributed by atoms with E-state index in [1.54, 1.807) is 18.2 Å². The van der Waals surface area contributed by atoms with Gasteiger partial charge in [-0.1, -0.05) is 12.1 Å². The summed E-state index contributed by atoms with van der Waals surface area (Å²) in [5.74, 6) is -0.971. The van der Waals surface area contributed by atoms with Gasteiger partial charge in [-0.15, -0.1) is 0 Å². The van der Waals surface area contributed by atoms with Gasteiger partial charge in [-0.05, 0) is 24.6 Å². The van der Waals surface area contributed by atoms with Crippen molar-refractivity contribution in [2.75, 3.05) is 18.4 Å². The molecule has 20 heavy (non-hydrogen) atoms. The van der Waals surface area contributed by atoms with Crippen molar-refractivity contribution in [2.45, 2.75) is 13.0 Å². The number of hydrogen-bond acceptors (Lipinski definition) is 4. The molecule has 2 rings (SSSR count). The fraction of sp³-hybridized carbons (Fsp3) is 0.308. The smallest absolute Gasteiger partial charge is 0.322 e. The van der Waals surface area contributed by atoms with Gasteiger partial charge in [-0.25, -0.2) is 4.79 Å². The molecule has 1 aromatic carbocycles.